The molecule has 3 unspecified atom stereocenters. The van der Waals surface area contributed by atoms with Gasteiger partial charge >= 0.3 is 0 Å². The normalized spacial score (nSPS) is 23.8. The first-order valence-corrected chi connectivity index (χ1v) is 9.87. The highest BCUT2D eigenvalue weighted by atomic mass is 35.5. The number of halogens is 2. The molecule has 25 heavy (non-hydrogen) atoms. The summed E-state index contributed by atoms with van der Waals surface area (Å²) in [5.74, 6) is 2.09. The summed E-state index contributed by atoms with van der Waals surface area (Å²) in [4.78, 5) is 12.3. The number of carbonyl (C=O) groups excluding carboxylic acids is 1. The van der Waals surface area contributed by atoms with E-state index in [0.717, 1.165) is 22.4 Å². The third-order valence-electron chi connectivity index (χ3n) is 4.95. The molecule has 3 atom stereocenters. The molecule has 1 heterocycles. The third-order valence-corrected chi connectivity index (χ3v) is 6.38. The van der Waals surface area contributed by atoms with Gasteiger partial charge in [0.2, 0.25) is 5.91 Å². The van der Waals surface area contributed by atoms with Crippen molar-refractivity contribution >= 4 is 51.0 Å². The molecule has 4 rings (SSSR count). The van der Waals surface area contributed by atoms with E-state index >= 15 is 0 Å². The molecule has 0 radical (unpaired) electrons. The molecule has 2 aromatic rings. The molecule has 1 aromatic carbocycles. The monoisotopic (exact) mass is 389 g/mol. The number of carbonyl (C=O) groups is 1. The Kier molecular flexibility index (Phi) is 4.48. The van der Waals surface area contributed by atoms with Crippen molar-refractivity contribution < 1.29 is 4.79 Å². The van der Waals surface area contributed by atoms with Gasteiger partial charge in [-0.1, -0.05) is 54.4 Å². The maximum atomic E-state index is 12.3. The largest absolute Gasteiger partial charge is 0.317 e. The summed E-state index contributed by atoms with van der Waals surface area (Å²) in [6.45, 7) is 2.29. The van der Waals surface area contributed by atoms with Gasteiger partial charge in [0.15, 0.2) is 0 Å². The lowest BCUT2D eigenvalue weighted by molar-refractivity contribution is -0.115. The number of hydrogen-bond donors (Lipinski definition) is 1. The summed E-state index contributed by atoms with van der Waals surface area (Å²) in [7, 11) is 0. The molecule has 0 bridgehead atoms. The molecule has 1 aromatic heterocycles. The summed E-state index contributed by atoms with van der Waals surface area (Å²) in [6, 6.07) is 7.22. The maximum absolute atomic E-state index is 12.3. The van der Waals surface area contributed by atoms with Crippen LogP contribution in [0.25, 0.3) is 5.57 Å². The average Bonchev–Trinajstić information content (AvgIpc) is 3.01. The first-order chi connectivity index (χ1) is 12.0. The highest BCUT2D eigenvalue weighted by molar-refractivity contribution is 7.14. The average molecular weight is 390 g/mol. The first-order valence-electron chi connectivity index (χ1n) is 8.24. The third kappa shape index (κ3) is 3.55. The van der Waals surface area contributed by atoms with E-state index < -0.39 is 0 Å². The predicted molar refractivity (Wildman–Crippen MR) is 106 cm³/mol. The van der Waals surface area contributed by atoms with E-state index in [9.17, 15) is 4.79 Å². The van der Waals surface area contributed by atoms with Gasteiger partial charge in [0, 0.05) is 15.4 Å². The zero-order valence-corrected chi connectivity index (χ0v) is 16.0. The number of rotatable bonds is 4. The zero-order chi connectivity index (χ0) is 17.6. The predicted octanol–water partition coefficient (Wildman–Crippen LogP) is 6.07. The standard InChI is InChI=1S/C20H17Cl2NOS/c1-11-16-5-3-12(6-17(11)16)14-8-20(25-10-14)23-19(24)7-13-2-4-15(21)9-18(13)22/h2-6,8-11,16-17H,7H2,1H3,(H,23,24). The van der Waals surface area contributed by atoms with Crippen LogP contribution in [0.1, 0.15) is 18.1 Å². The number of thiophene rings is 1. The van der Waals surface area contributed by atoms with Crippen molar-refractivity contribution in [2.75, 3.05) is 5.32 Å². The van der Waals surface area contributed by atoms with Crippen LogP contribution in [-0.2, 0) is 11.2 Å². The van der Waals surface area contributed by atoms with Gasteiger partial charge in [0.25, 0.3) is 0 Å². The van der Waals surface area contributed by atoms with Gasteiger partial charge in [0.1, 0.15) is 0 Å². The van der Waals surface area contributed by atoms with Crippen LogP contribution >= 0.6 is 34.5 Å². The Morgan fingerprint density at radius 2 is 2.08 bits per heavy atom. The van der Waals surface area contributed by atoms with Crippen molar-refractivity contribution in [3.8, 4) is 0 Å². The first kappa shape index (κ1) is 16.9. The molecule has 0 aliphatic heterocycles. The van der Waals surface area contributed by atoms with E-state index in [1.54, 1.807) is 29.5 Å². The van der Waals surface area contributed by atoms with Gasteiger partial charge in [-0.3, -0.25) is 4.79 Å². The second-order valence-corrected chi connectivity index (χ2v) is 8.41. The molecular weight excluding hydrogens is 373 g/mol. The molecule has 2 aliphatic carbocycles. The minimum absolute atomic E-state index is 0.0818. The second kappa shape index (κ2) is 6.64. The Hall–Kier alpha value is -1.55. The second-order valence-electron chi connectivity index (χ2n) is 6.66. The lowest BCUT2D eigenvalue weighted by Crippen LogP contribution is -2.13. The number of hydrogen-bond acceptors (Lipinski definition) is 2. The number of nitrogens with one attached hydrogen (secondary N) is 1. The van der Waals surface area contributed by atoms with Crippen LogP contribution in [0.5, 0.6) is 0 Å². The quantitative estimate of drug-likeness (QED) is 0.674. The van der Waals surface area contributed by atoms with Crippen molar-refractivity contribution in [1.82, 2.24) is 0 Å². The van der Waals surface area contributed by atoms with E-state index in [1.807, 2.05) is 6.07 Å². The van der Waals surface area contributed by atoms with E-state index in [-0.39, 0.29) is 12.3 Å². The van der Waals surface area contributed by atoms with Gasteiger partial charge in [-0.15, -0.1) is 11.3 Å². The fourth-order valence-corrected chi connectivity index (χ4v) is 4.64. The number of anilines is 1. The minimum Gasteiger partial charge on any atom is -0.317 e. The van der Waals surface area contributed by atoms with Crippen molar-refractivity contribution in [3.63, 3.8) is 0 Å². The van der Waals surface area contributed by atoms with E-state index in [4.69, 9.17) is 23.2 Å². The fourth-order valence-electron chi connectivity index (χ4n) is 3.34. The lowest BCUT2D eigenvalue weighted by Gasteiger charge is -2.06. The Balaban J connectivity index is 1.42. The van der Waals surface area contributed by atoms with Crippen molar-refractivity contribution in [2.24, 2.45) is 17.8 Å². The Morgan fingerprint density at radius 1 is 1.24 bits per heavy atom. The summed E-state index contributed by atoms with van der Waals surface area (Å²) < 4.78 is 0. The van der Waals surface area contributed by atoms with Crippen molar-refractivity contribution in [2.45, 2.75) is 13.3 Å². The van der Waals surface area contributed by atoms with Crippen LogP contribution in [0.3, 0.4) is 0 Å². The van der Waals surface area contributed by atoms with Crippen LogP contribution in [-0.4, -0.2) is 5.91 Å². The number of benzene rings is 1. The van der Waals surface area contributed by atoms with E-state index in [0.29, 0.717) is 16.0 Å². The molecule has 1 amide bonds. The van der Waals surface area contributed by atoms with Crippen molar-refractivity contribution in [3.05, 3.63) is 69.0 Å². The summed E-state index contributed by atoms with van der Waals surface area (Å²) >= 11 is 13.6. The maximum Gasteiger partial charge on any atom is 0.229 e. The fraction of sp³-hybridized carbons (Fsp3) is 0.250. The van der Waals surface area contributed by atoms with Gasteiger partial charge in [-0.05, 0) is 52.7 Å². The summed E-state index contributed by atoms with van der Waals surface area (Å²) in [5, 5.41) is 6.98. The van der Waals surface area contributed by atoms with Gasteiger partial charge < -0.3 is 5.32 Å². The molecule has 1 fully saturated rings. The lowest BCUT2D eigenvalue weighted by atomic mass is 10.0. The highest BCUT2D eigenvalue weighted by Gasteiger charge is 2.44. The van der Waals surface area contributed by atoms with Crippen LogP contribution < -0.4 is 5.32 Å². The Morgan fingerprint density at radius 3 is 2.84 bits per heavy atom. The van der Waals surface area contributed by atoms with Crippen LogP contribution in [0.2, 0.25) is 10.0 Å². The van der Waals surface area contributed by atoms with Crippen LogP contribution in [0.15, 0.2) is 47.9 Å². The summed E-state index contributed by atoms with van der Waals surface area (Å²) in [6.07, 6.45) is 7.10. The van der Waals surface area contributed by atoms with Gasteiger partial charge in [0.05, 0.1) is 11.4 Å². The smallest absolute Gasteiger partial charge is 0.229 e. The zero-order valence-electron chi connectivity index (χ0n) is 13.6. The number of allylic oxidation sites excluding steroid dienone is 4. The topological polar surface area (TPSA) is 29.1 Å². The molecule has 5 heteroatoms. The molecule has 0 spiro atoms. The SMILES string of the molecule is CC1C2C=CC(c3csc(NC(=O)Cc4ccc(Cl)cc4Cl)c3)=CC12. The Labute approximate surface area is 161 Å². The highest BCUT2D eigenvalue weighted by Crippen LogP contribution is 2.52. The molecule has 1 saturated carbocycles. The van der Waals surface area contributed by atoms with Gasteiger partial charge in [-0.25, -0.2) is 0 Å². The molecule has 1 N–H and O–H groups in total. The van der Waals surface area contributed by atoms with E-state index in [1.165, 1.54) is 11.1 Å². The number of amides is 1. The van der Waals surface area contributed by atoms with E-state index in [2.05, 4.69) is 35.8 Å². The molecule has 0 saturated heterocycles. The molecular formula is C20H17Cl2NOS. The molecule has 2 nitrogen and oxygen atoms in total. The molecule has 2 aliphatic rings. The molecule has 128 valence electrons. The van der Waals surface area contributed by atoms with Crippen LogP contribution in [0, 0.1) is 17.8 Å². The number of fused-ring (bicyclic) bond motifs is 1. The summed E-state index contributed by atoms with van der Waals surface area (Å²) in [5.41, 5.74) is 3.19. The van der Waals surface area contributed by atoms with Crippen molar-refractivity contribution in [1.29, 1.82) is 0 Å². The van der Waals surface area contributed by atoms with Gasteiger partial charge in [-0.2, -0.15) is 0 Å². The van der Waals surface area contributed by atoms with Crippen LogP contribution in [0.4, 0.5) is 5.00 Å². The Bertz CT molecular complexity index is 899. The minimum atomic E-state index is -0.0818.